The molecule has 4 rings (SSSR count). The number of halogens is 1. The lowest BCUT2D eigenvalue weighted by molar-refractivity contribution is -0.129. The van der Waals surface area contributed by atoms with Crippen molar-refractivity contribution in [2.24, 2.45) is 4.99 Å². The summed E-state index contributed by atoms with van der Waals surface area (Å²) >= 11 is 1.13. The number of nitrogens with zero attached hydrogens (tertiary/aromatic N) is 2. The zero-order chi connectivity index (χ0) is 24.1. The van der Waals surface area contributed by atoms with Crippen molar-refractivity contribution in [3.8, 4) is 0 Å². The fraction of sp³-hybridized carbons (Fsp3) is 0.120. The molecule has 9 heteroatoms. The van der Waals surface area contributed by atoms with Crippen molar-refractivity contribution in [2.45, 2.75) is 18.2 Å². The van der Waals surface area contributed by atoms with Gasteiger partial charge in [0.05, 0.1) is 17.8 Å². The van der Waals surface area contributed by atoms with Gasteiger partial charge in [-0.25, -0.2) is 14.2 Å². The number of nitrogens with one attached hydrogen (secondary N) is 1. The van der Waals surface area contributed by atoms with Gasteiger partial charge in [-0.1, -0.05) is 48.2 Å². The lowest BCUT2D eigenvalue weighted by Gasteiger charge is -2.32. The smallest absolute Gasteiger partial charge is 0.335 e. The number of amidine groups is 1. The minimum absolute atomic E-state index is 0.0429. The van der Waals surface area contributed by atoms with Gasteiger partial charge in [0.25, 0.3) is 0 Å². The Labute approximate surface area is 199 Å². The van der Waals surface area contributed by atoms with E-state index in [0.29, 0.717) is 16.5 Å². The lowest BCUT2D eigenvalue weighted by Crippen LogP contribution is -2.44. The van der Waals surface area contributed by atoms with Gasteiger partial charge in [0, 0.05) is 12.1 Å². The predicted octanol–water partition coefficient (Wildman–Crippen LogP) is 4.68. The number of carboxylic acids is 1. The first-order chi connectivity index (χ1) is 16.4. The molecule has 1 unspecified atom stereocenters. The highest BCUT2D eigenvalue weighted by atomic mass is 32.2. The molecular formula is C25H20FN3O4S. The number of carboxylic acid groups (broad SMARTS) is 1. The Morgan fingerprint density at radius 1 is 1.06 bits per heavy atom. The molecule has 0 spiro atoms. The van der Waals surface area contributed by atoms with Gasteiger partial charge >= 0.3 is 5.97 Å². The summed E-state index contributed by atoms with van der Waals surface area (Å²) in [6, 6.07) is 20.8. The minimum atomic E-state index is -1.07. The maximum Gasteiger partial charge on any atom is 0.335 e. The molecule has 1 heterocycles. The number of carbonyl (C=O) groups is 3. The Morgan fingerprint density at radius 2 is 1.79 bits per heavy atom. The Balaban J connectivity index is 1.57. The van der Waals surface area contributed by atoms with Crippen LogP contribution in [0.5, 0.6) is 0 Å². The van der Waals surface area contributed by atoms with Crippen molar-refractivity contribution in [3.63, 3.8) is 0 Å². The lowest BCUT2D eigenvalue weighted by atomic mass is 10.2. The second-order valence-electron chi connectivity index (χ2n) is 7.52. The van der Waals surface area contributed by atoms with Crippen LogP contribution in [0.4, 0.5) is 15.8 Å². The van der Waals surface area contributed by atoms with Crippen LogP contribution < -0.4 is 5.32 Å². The van der Waals surface area contributed by atoms with Crippen molar-refractivity contribution in [3.05, 3.63) is 95.8 Å². The van der Waals surface area contributed by atoms with Crippen LogP contribution in [-0.2, 0) is 16.1 Å². The van der Waals surface area contributed by atoms with Gasteiger partial charge < -0.3 is 10.4 Å². The first-order valence-electron chi connectivity index (χ1n) is 10.4. The van der Waals surface area contributed by atoms with Crippen molar-refractivity contribution in [1.82, 2.24) is 4.90 Å². The zero-order valence-electron chi connectivity index (χ0n) is 17.8. The molecule has 1 saturated heterocycles. The molecule has 0 saturated carbocycles. The summed E-state index contributed by atoms with van der Waals surface area (Å²) in [5.74, 6) is -2.21. The van der Waals surface area contributed by atoms with E-state index in [-0.39, 0.29) is 24.4 Å². The number of aliphatic imine (C=N–C) groups is 1. The van der Waals surface area contributed by atoms with Crippen molar-refractivity contribution >= 4 is 46.1 Å². The molecular weight excluding hydrogens is 457 g/mol. The number of thioether (sulfide) groups is 1. The standard InChI is InChI=1S/C25H20FN3O4S/c26-18-7-4-8-20(13-18)28-25-29(15-16-5-2-1-3-6-16)22(30)14-21(34-25)23(31)27-19-11-9-17(10-12-19)24(32)33/h1-13,21H,14-15H2,(H,27,31)(H,32,33). The van der Waals surface area contributed by atoms with Gasteiger partial charge in [0.15, 0.2) is 5.17 Å². The van der Waals surface area contributed by atoms with E-state index in [9.17, 15) is 18.8 Å². The average Bonchev–Trinajstić information content (AvgIpc) is 2.82. The highest BCUT2D eigenvalue weighted by Gasteiger charge is 2.36. The number of aromatic carboxylic acids is 1. The molecule has 0 aromatic heterocycles. The summed E-state index contributed by atoms with van der Waals surface area (Å²) < 4.78 is 13.7. The summed E-state index contributed by atoms with van der Waals surface area (Å²) in [4.78, 5) is 43.0. The third-order valence-electron chi connectivity index (χ3n) is 5.05. The number of benzene rings is 3. The first-order valence-corrected chi connectivity index (χ1v) is 11.3. The third-order valence-corrected chi connectivity index (χ3v) is 6.24. The normalized spacial score (nSPS) is 17.0. The Bertz CT molecular complexity index is 1250. The summed E-state index contributed by atoms with van der Waals surface area (Å²) in [6.45, 7) is 0.270. The maximum atomic E-state index is 13.7. The van der Waals surface area contributed by atoms with Crippen LogP contribution in [0.1, 0.15) is 22.3 Å². The molecule has 1 aliphatic rings. The maximum absolute atomic E-state index is 13.7. The predicted molar refractivity (Wildman–Crippen MR) is 129 cm³/mol. The van der Waals surface area contributed by atoms with E-state index in [1.807, 2.05) is 30.3 Å². The monoisotopic (exact) mass is 477 g/mol. The second-order valence-corrected chi connectivity index (χ2v) is 8.69. The summed E-state index contributed by atoms with van der Waals surface area (Å²) in [5.41, 5.74) is 1.74. The van der Waals surface area contributed by atoms with Gasteiger partial charge in [-0.2, -0.15) is 0 Å². The Morgan fingerprint density at radius 3 is 2.47 bits per heavy atom. The second kappa shape index (κ2) is 10.3. The fourth-order valence-corrected chi connectivity index (χ4v) is 4.44. The van der Waals surface area contributed by atoms with Gasteiger partial charge in [-0.15, -0.1) is 0 Å². The molecule has 0 radical (unpaired) electrons. The SMILES string of the molecule is O=C(O)c1ccc(NC(=O)C2CC(=O)N(Cc3ccccc3)C(=Nc3cccc(F)c3)S2)cc1. The van der Waals surface area contributed by atoms with E-state index >= 15 is 0 Å². The third kappa shape index (κ3) is 5.68. The molecule has 0 bridgehead atoms. The van der Waals surface area contributed by atoms with E-state index in [4.69, 9.17) is 5.11 Å². The molecule has 172 valence electrons. The fourth-order valence-electron chi connectivity index (χ4n) is 3.34. The molecule has 1 aliphatic heterocycles. The van der Waals surface area contributed by atoms with E-state index < -0.39 is 22.9 Å². The Hall–Kier alpha value is -3.98. The van der Waals surface area contributed by atoms with Crippen LogP contribution >= 0.6 is 11.8 Å². The van der Waals surface area contributed by atoms with E-state index in [1.54, 1.807) is 6.07 Å². The van der Waals surface area contributed by atoms with Gasteiger partial charge in [0.2, 0.25) is 11.8 Å². The quantitative estimate of drug-likeness (QED) is 0.537. The molecule has 7 nitrogen and oxygen atoms in total. The summed E-state index contributed by atoms with van der Waals surface area (Å²) in [6.07, 6.45) is -0.0429. The highest BCUT2D eigenvalue weighted by molar-refractivity contribution is 8.15. The van der Waals surface area contributed by atoms with Gasteiger partial charge in [0.1, 0.15) is 11.1 Å². The van der Waals surface area contributed by atoms with Crippen molar-refractivity contribution in [1.29, 1.82) is 0 Å². The first kappa shape index (κ1) is 23.2. The van der Waals surface area contributed by atoms with Crippen LogP contribution in [0.25, 0.3) is 0 Å². The number of rotatable bonds is 6. The van der Waals surface area contributed by atoms with E-state index in [0.717, 1.165) is 17.3 Å². The molecule has 1 atom stereocenters. The van der Waals surface area contributed by atoms with Crippen molar-refractivity contribution in [2.75, 3.05) is 5.32 Å². The number of amides is 2. The number of hydrogen-bond donors (Lipinski definition) is 2. The molecule has 2 N–H and O–H groups in total. The van der Waals surface area contributed by atoms with Gasteiger partial charge in [-0.05, 0) is 48.0 Å². The largest absolute Gasteiger partial charge is 0.478 e. The van der Waals surface area contributed by atoms with Gasteiger partial charge in [-0.3, -0.25) is 14.5 Å². The molecule has 0 aliphatic carbocycles. The highest BCUT2D eigenvalue weighted by Crippen LogP contribution is 2.31. The van der Waals surface area contributed by atoms with Crippen LogP contribution in [0, 0.1) is 5.82 Å². The molecule has 1 fully saturated rings. The van der Waals surface area contributed by atoms with Crippen molar-refractivity contribution < 1.29 is 23.9 Å². The number of hydrogen-bond acceptors (Lipinski definition) is 5. The summed E-state index contributed by atoms with van der Waals surface area (Å²) in [5, 5.41) is 11.3. The Kier molecular flexibility index (Phi) is 7.03. The molecule has 34 heavy (non-hydrogen) atoms. The molecule has 3 aromatic rings. The van der Waals surface area contributed by atoms with Crippen LogP contribution in [0.15, 0.2) is 83.9 Å². The minimum Gasteiger partial charge on any atom is -0.478 e. The summed E-state index contributed by atoms with van der Waals surface area (Å²) in [7, 11) is 0. The topological polar surface area (TPSA) is 99.1 Å². The average molecular weight is 478 g/mol. The molecule has 3 aromatic carbocycles. The molecule has 2 amide bonds. The number of carbonyl (C=O) groups excluding carboxylic acids is 2. The van der Waals surface area contributed by atoms with Crippen LogP contribution in [-0.4, -0.2) is 38.2 Å². The zero-order valence-corrected chi connectivity index (χ0v) is 18.7. The van der Waals surface area contributed by atoms with Crippen LogP contribution in [0.3, 0.4) is 0 Å². The van der Waals surface area contributed by atoms with E-state index in [2.05, 4.69) is 10.3 Å². The van der Waals surface area contributed by atoms with Crippen LogP contribution in [0.2, 0.25) is 0 Å². The van der Waals surface area contributed by atoms with E-state index in [1.165, 1.54) is 47.4 Å². The number of anilines is 1.